The summed E-state index contributed by atoms with van der Waals surface area (Å²) in [4.78, 5) is 0. The van der Waals surface area contributed by atoms with Gasteiger partial charge in [-0.05, 0) is 11.8 Å². The SMILES string of the molecule is CCS(=O)(=O)C[C@@H](C)C(C)C. The highest BCUT2D eigenvalue weighted by molar-refractivity contribution is 7.91. The second-order valence-corrected chi connectivity index (χ2v) is 5.82. The van der Waals surface area contributed by atoms with Gasteiger partial charge in [0.2, 0.25) is 0 Å². The maximum absolute atomic E-state index is 11.1. The zero-order valence-electron chi connectivity index (χ0n) is 7.79. The van der Waals surface area contributed by atoms with Crippen LogP contribution >= 0.6 is 0 Å². The lowest BCUT2D eigenvalue weighted by Gasteiger charge is -2.14. The molecule has 68 valence electrons. The van der Waals surface area contributed by atoms with Crippen LogP contribution < -0.4 is 0 Å². The normalized spacial score (nSPS) is 15.4. The molecule has 0 aromatic heterocycles. The molecule has 1 atom stereocenters. The van der Waals surface area contributed by atoms with Crippen LogP contribution in [-0.2, 0) is 9.84 Å². The van der Waals surface area contributed by atoms with Crippen molar-refractivity contribution < 1.29 is 8.42 Å². The van der Waals surface area contributed by atoms with Gasteiger partial charge in [0.1, 0.15) is 9.84 Å². The Morgan fingerprint density at radius 3 is 1.91 bits per heavy atom. The van der Waals surface area contributed by atoms with E-state index in [1.165, 1.54) is 0 Å². The van der Waals surface area contributed by atoms with Gasteiger partial charge in [0.25, 0.3) is 0 Å². The molecule has 0 bridgehead atoms. The molecule has 0 aliphatic carbocycles. The summed E-state index contributed by atoms with van der Waals surface area (Å²) < 4.78 is 22.2. The minimum atomic E-state index is -2.76. The standard InChI is InChI=1S/C8H18O2S/c1-5-11(9,10)6-8(4)7(2)3/h7-8H,5-6H2,1-4H3/t8-/m1/s1. The van der Waals surface area contributed by atoms with Crippen molar-refractivity contribution in [2.24, 2.45) is 11.8 Å². The Morgan fingerprint density at radius 2 is 1.64 bits per heavy atom. The second-order valence-electron chi connectivity index (χ2n) is 3.42. The lowest BCUT2D eigenvalue weighted by molar-refractivity contribution is 0.453. The van der Waals surface area contributed by atoms with Gasteiger partial charge in [0.05, 0.1) is 5.75 Å². The predicted molar refractivity (Wildman–Crippen MR) is 48.3 cm³/mol. The van der Waals surface area contributed by atoms with E-state index in [9.17, 15) is 8.42 Å². The first-order valence-corrected chi connectivity index (χ1v) is 5.91. The van der Waals surface area contributed by atoms with Crippen LogP contribution in [0.15, 0.2) is 0 Å². The molecule has 0 aliphatic rings. The van der Waals surface area contributed by atoms with E-state index < -0.39 is 9.84 Å². The molecule has 0 saturated heterocycles. The van der Waals surface area contributed by atoms with E-state index in [1.807, 2.05) is 6.92 Å². The van der Waals surface area contributed by atoms with Crippen LogP contribution in [0, 0.1) is 11.8 Å². The first-order chi connectivity index (χ1) is 4.89. The van der Waals surface area contributed by atoms with E-state index in [1.54, 1.807) is 6.92 Å². The molecule has 2 nitrogen and oxygen atoms in total. The number of sulfone groups is 1. The molecule has 0 aliphatic heterocycles. The van der Waals surface area contributed by atoms with Gasteiger partial charge in [-0.2, -0.15) is 0 Å². The fourth-order valence-corrected chi connectivity index (χ4v) is 2.13. The van der Waals surface area contributed by atoms with E-state index in [0.717, 1.165) is 0 Å². The Kier molecular flexibility index (Phi) is 4.08. The minimum absolute atomic E-state index is 0.268. The molecule has 0 unspecified atom stereocenters. The van der Waals surface area contributed by atoms with Crippen molar-refractivity contribution in [1.82, 2.24) is 0 Å². The van der Waals surface area contributed by atoms with Crippen LogP contribution in [-0.4, -0.2) is 19.9 Å². The van der Waals surface area contributed by atoms with Crippen LogP contribution in [0.3, 0.4) is 0 Å². The van der Waals surface area contributed by atoms with Gasteiger partial charge in [0.15, 0.2) is 0 Å². The number of rotatable bonds is 4. The van der Waals surface area contributed by atoms with Crippen LogP contribution in [0.1, 0.15) is 27.7 Å². The van der Waals surface area contributed by atoms with Gasteiger partial charge >= 0.3 is 0 Å². The summed E-state index contributed by atoms with van der Waals surface area (Å²) >= 11 is 0. The van der Waals surface area contributed by atoms with Gasteiger partial charge < -0.3 is 0 Å². The monoisotopic (exact) mass is 178 g/mol. The summed E-state index contributed by atoms with van der Waals surface area (Å²) in [5.41, 5.74) is 0. The Balaban J connectivity index is 4.05. The molecular weight excluding hydrogens is 160 g/mol. The summed E-state index contributed by atoms with van der Waals surface area (Å²) in [6.45, 7) is 7.78. The molecule has 3 heteroatoms. The summed E-state index contributed by atoms with van der Waals surface area (Å²) in [6, 6.07) is 0. The van der Waals surface area contributed by atoms with E-state index >= 15 is 0 Å². The van der Waals surface area contributed by atoms with Crippen LogP contribution in [0.2, 0.25) is 0 Å². The molecule has 0 amide bonds. The van der Waals surface area contributed by atoms with Crippen LogP contribution in [0.4, 0.5) is 0 Å². The molecule has 0 aromatic rings. The zero-order valence-corrected chi connectivity index (χ0v) is 8.61. The van der Waals surface area contributed by atoms with Crippen molar-refractivity contribution in [1.29, 1.82) is 0 Å². The lowest BCUT2D eigenvalue weighted by atomic mass is 10.0. The molecule has 0 fully saturated rings. The summed E-state index contributed by atoms with van der Waals surface area (Å²) in [7, 11) is -2.76. The number of hydrogen-bond acceptors (Lipinski definition) is 2. The van der Waals surface area contributed by atoms with Gasteiger partial charge in [-0.25, -0.2) is 8.42 Å². The first kappa shape index (κ1) is 11.0. The minimum Gasteiger partial charge on any atom is -0.229 e. The molecule has 0 saturated carbocycles. The second kappa shape index (κ2) is 4.10. The predicted octanol–water partition coefficient (Wildman–Crippen LogP) is 1.71. The quantitative estimate of drug-likeness (QED) is 0.657. The molecule has 0 radical (unpaired) electrons. The smallest absolute Gasteiger partial charge is 0.150 e. The van der Waals surface area contributed by atoms with E-state index in [-0.39, 0.29) is 11.7 Å². The third kappa shape index (κ3) is 4.40. The van der Waals surface area contributed by atoms with Crippen LogP contribution in [0.5, 0.6) is 0 Å². The summed E-state index contributed by atoms with van der Waals surface area (Å²) in [6.07, 6.45) is 0. The molecule has 11 heavy (non-hydrogen) atoms. The van der Waals surface area contributed by atoms with Gasteiger partial charge in [-0.15, -0.1) is 0 Å². The maximum Gasteiger partial charge on any atom is 0.150 e. The van der Waals surface area contributed by atoms with Crippen molar-refractivity contribution >= 4 is 9.84 Å². The zero-order chi connectivity index (χ0) is 9.07. The Labute approximate surface area is 69.9 Å². The van der Waals surface area contributed by atoms with Gasteiger partial charge in [0, 0.05) is 5.75 Å². The lowest BCUT2D eigenvalue weighted by Crippen LogP contribution is -2.19. The highest BCUT2D eigenvalue weighted by Crippen LogP contribution is 2.12. The van der Waals surface area contributed by atoms with Crippen molar-refractivity contribution in [3.63, 3.8) is 0 Å². The third-order valence-corrected chi connectivity index (χ3v) is 4.01. The average Bonchev–Trinajstić information content (AvgIpc) is 1.87. The fraction of sp³-hybridized carbons (Fsp3) is 1.00. The fourth-order valence-electron chi connectivity index (χ4n) is 0.711. The van der Waals surface area contributed by atoms with Crippen molar-refractivity contribution in [2.75, 3.05) is 11.5 Å². The highest BCUT2D eigenvalue weighted by Gasteiger charge is 2.15. The summed E-state index contributed by atoms with van der Waals surface area (Å²) in [5, 5.41) is 0. The summed E-state index contributed by atoms with van der Waals surface area (Å²) in [5.74, 6) is 1.34. The molecule has 0 N–H and O–H groups in total. The van der Waals surface area contributed by atoms with Crippen LogP contribution in [0.25, 0.3) is 0 Å². The number of hydrogen-bond donors (Lipinski definition) is 0. The van der Waals surface area contributed by atoms with Crippen molar-refractivity contribution in [3.05, 3.63) is 0 Å². The highest BCUT2D eigenvalue weighted by atomic mass is 32.2. The molecule has 0 aromatic carbocycles. The van der Waals surface area contributed by atoms with E-state index in [2.05, 4.69) is 13.8 Å². The molecule has 0 rings (SSSR count). The Hall–Kier alpha value is -0.0500. The van der Waals surface area contributed by atoms with Gasteiger partial charge in [-0.3, -0.25) is 0 Å². The van der Waals surface area contributed by atoms with E-state index in [4.69, 9.17) is 0 Å². The van der Waals surface area contributed by atoms with E-state index in [0.29, 0.717) is 11.7 Å². The first-order valence-electron chi connectivity index (χ1n) is 4.09. The topological polar surface area (TPSA) is 34.1 Å². The third-order valence-electron chi connectivity index (χ3n) is 2.09. The van der Waals surface area contributed by atoms with Crippen molar-refractivity contribution in [3.8, 4) is 0 Å². The largest absolute Gasteiger partial charge is 0.229 e. The molecular formula is C8H18O2S. The Morgan fingerprint density at radius 1 is 1.18 bits per heavy atom. The van der Waals surface area contributed by atoms with Gasteiger partial charge in [-0.1, -0.05) is 27.7 Å². The maximum atomic E-state index is 11.1. The van der Waals surface area contributed by atoms with Crippen molar-refractivity contribution in [2.45, 2.75) is 27.7 Å². The average molecular weight is 178 g/mol. The Bertz CT molecular complexity index is 192. The molecule has 0 spiro atoms. The molecule has 0 heterocycles.